The minimum absolute atomic E-state index is 0.0407. The van der Waals surface area contributed by atoms with Gasteiger partial charge in [-0.25, -0.2) is 4.79 Å². The van der Waals surface area contributed by atoms with Gasteiger partial charge in [0.1, 0.15) is 11.4 Å². The van der Waals surface area contributed by atoms with E-state index in [9.17, 15) is 9.59 Å². The Kier molecular flexibility index (Phi) is 4.87. The number of carbonyl (C=O) groups excluding carboxylic acids is 2. The first kappa shape index (κ1) is 17.8. The average Bonchev–Trinajstić information content (AvgIpc) is 2.83. The van der Waals surface area contributed by atoms with Gasteiger partial charge in [0.2, 0.25) is 5.91 Å². The van der Waals surface area contributed by atoms with Gasteiger partial charge >= 0.3 is 6.09 Å². The lowest BCUT2D eigenvalue weighted by Gasteiger charge is -2.19. The quantitative estimate of drug-likeness (QED) is 0.867. The van der Waals surface area contributed by atoms with Crippen molar-refractivity contribution in [3.05, 3.63) is 30.0 Å². The van der Waals surface area contributed by atoms with Gasteiger partial charge in [0, 0.05) is 25.7 Å². The molecule has 1 aromatic heterocycles. The van der Waals surface area contributed by atoms with E-state index in [1.54, 1.807) is 39.5 Å². The standard InChI is InChI=1S/C18H24N2O4/c1-18(2,3)24-17(22)20-11-12(9-16(21)19(4)5)14-10-13(23-6)7-8-15(14)20/h7-8,10-11H,9H2,1-6H3. The second-order valence-corrected chi connectivity index (χ2v) is 6.85. The van der Waals surface area contributed by atoms with Gasteiger partial charge in [-0.3, -0.25) is 9.36 Å². The van der Waals surface area contributed by atoms with Gasteiger partial charge in [0.25, 0.3) is 0 Å². The van der Waals surface area contributed by atoms with E-state index >= 15 is 0 Å². The van der Waals surface area contributed by atoms with Crippen molar-refractivity contribution in [2.75, 3.05) is 21.2 Å². The molecule has 0 saturated heterocycles. The topological polar surface area (TPSA) is 60.8 Å². The maximum Gasteiger partial charge on any atom is 0.419 e. The number of methoxy groups -OCH3 is 1. The van der Waals surface area contributed by atoms with Crippen molar-refractivity contribution in [1.29, 1.82) is 0 Å². The van der Waals surface area contributed by atoms with Gasteiger partial charge in [-0.2, -0.15) is 0 Å². The van der Waals surface area contributed by atoms with Crippen LogP contribution in [0, 0.1) is 0 Å². The van der Waals surface area contributed by atoms with Crippen molar-refractivity contribution in [2.24, 2.45) is 0 Å². The zero-order chi connectivity index (χ0) is 18.1. The molecule has 0 radical (unpaired) electrons. The molecule has 1 heterocycles. The number of nitrogens with zero attached hydrogens (tertiary/aromatic N) is 2. The number of hydrogen-bond acceptors (Lipinski definition) is 4. The van der Waals surface area contributed by atoms with Crippen LogP contribution in [0.2, 0.25) is 0 Å². The molecule has 0 unspecified atom stereocenters. The Morgan fingerprint density at radius 3 is 2.42 bits per heavy atom. The first-order valence-corrected chi connectivity index (χ1v) is 7.74. The van der Waals surface area contributed by atoms with Gasteiger partial charge in [-0.1, -0.05) is 0 Å². The molecule has 0 atom stereocenters. The minimum atomic E-state index is -0.597. The largest absolute Gasteiger partial charge is 0.497 e. The van der Waals surface area contributed by atoms with Crippen LogP contribution in [0.25, 0.3) is 10.9 Å². The lowest BCUT2D eigenvalue weighted by atomic mass is 10.1. The van der Waals surface area contributed by atoms with Crippen LogP contribution in [0.15, 0.2) is 24.4 Å². The summed E-state index contributed by atoms with van der Waals surface area (Å²) in [6.45, 7) is 5.45. The number of benzene rings is 1. The van der Waals surface area contributed by atoms with E-state index in [0.29, 0.717) is 11.3 Å². The van der Waals surface area contributed by atoms with E-state index < -0.39 is 11.7 Å². The lowest BCUT2D eigenvalue weighted by molar-refractivity contribution is -0.127. The highest BCUT2D eigenvalue weighted by Crippen LogP contribution is 2.27. The summed E-state index contributed by atoms with van der Waals surface area (Å²) in [4.78, 5) is 26.1. The van der Waals surface area contributed by atoms with Crippen molar-refractivity contribution in [2.45, 2.75) is 32.8 Å². The summed E-state index contributed by atoms with van der Waals surface area (Å²) in [7, 11) is 4.99. The third-order valence-corrected chi connectivity index (χ3v) is 3.52. The Hall–Kier alpha value is -2.50. The smallest absolute Gasteiger partial charge is 0.419 e. The summed E-state index contributed by atoms with van der Waals surface area (Å²) in [5.41, 5.74) is 0.847. The number of rotatable bonds is 3. The Labute approximate surface area is 141 Å². The van der Waals surface area contributed by atoms with Gasteiger partial charge in [0.15, 0.2) is 0 Å². The predicted octanol–water partition coefficient (Wildman–Crippen LogP) is 3.06. The molecule has 2 rings (SSSR count). The monoisotopic (exact) mass is 332 g/mol. The molecule has 0 fully saturated rings. The van der Waals surface area contributed by atoms with Crippen LogP contribution in [0.1, 0.15) is 26.3 Å². The number of likely N-dealkylation sites (N-methyl/N-ethyl adjacent to an activating group) is 1. The maximum absolute atomic E-state index is 12.5. The van der Waals surface area contributed by atoms with Crippen LogP contribution < -0.4 is 4.74 Å². The third kappa shape index (κ3) is 3.88. The van der Waals surface area contributed by atoms with Gasteiger partial charge in [-0.15, -0.1) is 0 Å². The molecule has 24 heavy (non-hydrogen) atoms. The first-order valence-electron chi connectivity index (χ1n) is 7.74. The zero-order valence-corrected chi connectivity index (χ0v) is 15.0. The zero-order valence-electron chi connectivity index (χ0n) is 15.0. The van der Waals surface area contributed by atoms with Crippen molar-refractivity contribution < 1.29 is 19.1 Å². The highest BCUT2D eigenvalue weighted by atomic mass is 16.6. The molecule has 6 nitrogen and oxygen atoms in total. The molecule has 130 valence electrons. The number of carbonyl (C=O) groups is 2. The molecular weight excluding hydrogens is 308 g/mol. The second kappa shape index (κ2) is 6.55. The highest BCUT2D eigenvalue weighted by molar-refractivity contribution is 5.95. The van der Waals surface area contributed by atoms with Gasteiger partial charge < -0.3 is 14.4 Å². The molecule has 1 amide bonds. The van der Waals surface area contributed by atoms with Crippen molar-refractivity contribution in [3.63, 3.8) is 0 Å². The van der Waals surface area contributed by atoms with E-state index in [1.165, 1.54) is 9.47 Å². The fourth-order valence-corrected chi connectivity index (χ4v) is 2.33. The SMILES string of the molecule is COc1ccc2c(c1)c(CC(=O)N(C)C)cn2C(=O)OC(C)(C)C. The molecule has 0 saturated carbocycles. The summed E-state index contributed by atoms with van der Waals surface area (Å²) in [6, 6.07) is 5.40. The molecule has 0 spiro atoms. The fourth-order valence-electron chi connectivity index (χ4n) is 2.33. The Morgan fingerprint density at radius 1 is 1.21 bits per heavy atom. The molecule has 1 aromatic carbocycles. The number of amides is 1. The van der Waals surface area contributed by atoms with Crippen LogP contribution in [0.4, 0.5) is 4.79 Å². The van der Waals surface area contributed by atoms with Gasteiger partial charge in [-0.05, 0) is 44.5 Å². The molecule has 0 aliphatic heterocycles. The lowest BCUT2D eigenvalue weighted by Crippen LogP contribution is -2.26. The van der Waals surface area contributed by atoms with Crippen LogP contribution in [0.3, 0.4) is 0 Å². The predicted molar refractivity (Wildman–Crippen MR) is 92.5 cm³/mol. The Balaban J connectivity index is 2.52. The number of fused-ring (bicyclic) bond motifs is 1. The van der Waals surface area contributed by atoms with E-state index in [4.69, 9.17) is 9.47 Å². The number of aromatic nitrogens is 1. The van der Waals surface area contributed by atoms with Crippen molar-refractivity contribution in [3.8, 4) is 5.75 Å². The second-order valence-electron chi connectivity index (χ2n) is 6.85. The van der Waals surface area contributed by atoms with E-state index in [1.807, 2.05) is 26.8 Å². The molecule has 0 bridgehead atoms. The first-order chi connectivity index (χ1) is 11.1. The minimum Gasteiger partial charge on any atom is -0.497 e. The molecule has 6 heteroatoms. The average molecular weight is 332 g/mol. The van der Waals surface area contributed by atoms with E-state index in [2.05, 4.69) is 0 Å². The fraction of sp³-hybridized carbons (Fsp3) is 0.444. The van der Waals surface area contributed by atoms with Crippen molar-refractivity contribution in [1.82, 2.24) is 9.47 Å². The molecule has 0 aliphatic carbocycles. The van der Waals surface area contributed by atoms with Crippen LogP contribution >= 0.6 is 0 Å². The van der Waals surface area contributed by atoms with E-state index in [-0.39, 0.29) is 12.3 Å². The summed E-state index contributed by atoms with van der Waals surface area (Å²) in [6.07, 6.45) is 1.40. The van der Waals surface area contributed by atoms with Crippen LogP contribution in [-0.4, -0.2) is 48.3 Å². The Bertz CT molecular complexity index is 769. The third-order valence-electron chi connectivity index (χ3n) is 3.52. The molecule has 0 aliphatic rings. The maximum atomic E-state index is 12.5. The molecular formula is C18H24N2O4. The van der Waals surface area contributed by atoms with Crippen LogP contribution in [-0.2, 0) is 16.0 Å². The molecule has 2 aromatic rings. The molecule has 0 N–H and O–H groups in total. The van der Waals surface area contributed by atoms with Crippen molar-refractivity contribution >= 4 is 22.9 Å². The summed E-state index contributed by atoms with van der Waals surface area (Å²) in [5.74, 6) is 0.629. The van der Waals surface area contributed by atoms with Crippen LogP contribution in [0.5, 0.6) is 5.75 Å². The number of hydrogen-bond donors (Lipinski definition) is 0. The summed E-state index contributed by atoms with van der Waals surface area (Å²) in [5, 5.41) is 0.801. The number of ether oxygens (including phenoxy) is 2. The Morgan fingerprint density at radius 2 is 1.88 bits per heavy atom. The normalized spacial score (nSPS) is 11.4. The highest BCUT2D eigenvalue weighted by Gasteiger charge is 2.22. The van der Waals surface area contributed by atoms with Gasteiger partial charge in [0.05, 0.1) is 19.0 Å². The van der Waals surface area contributed by atoms with E-state index in [0.717, 1.165) is 10.9 Å². The summed E-state index contributed by atoms with van der Waals surface area (Å²) < 4.78 is 12.2. The summed E-state index contributed by atoms with van der Waals surface area (Å²) >= 11 is 0.